The maximum atomic E-state index is 13.9. The Hall–Kier alpha value is -1.97. The quantitative estimate of drug-likeness (QED) is 0.769. The Morgan fingerprint density at radius 1 is 1.10 bits per heavy atom. The molecule has 0 spiro atoms. The van der Waals surface area contributed by atoms with E-state index in [4.69, 9.17) is 11.6 Å². The molecule has 0 amide bonds. The van der Waals surface area contributed by atoms with Gasteiger partial charge in [-0.3, -0.25) is 4.98 Å². The smallest absolute Gasteiger partial charge is 0.129 e. The Morgan fingerprint density at radius 2 is 1.95 bits per heavy atom. The number of pyridine rings is 1. The highest BCUT2D eigenvalue weighted by atomic mass is 35.5. The SMILES string of the molecule is OC(c1cc(Cl)ccc1F)c1cccc2cnccc12. The first-order valence-electron chi connectivity index (χ1n) is 6.12. The van der Waals surface area contributed by atoms with Gasteiger partial charge < -0.3 is 5.11 Å². The minimum Gasteiger partial charge on any atom is -0.384 e. The van der Waals surface area contributed by atoms with Crippen LogP contribution in [-0.4, -0.2) is 10.1 Å². The van der Waals surface area contributed by atoms with Gasteiger partial charge in [-0.1, -0.05) is 29.8 Å². The zero-order valence-electron chi connectivity index (χ0n) is 10.4. The highest BCUT2D eigenvalue weighted by Crippen LogP contribution is 2.31. The molecule has 0 aliphatic carbocycles. The molecule has 2 nitrogen and oxygen atoms in total. The fraction of sp³-hybridized carbons (Fsp3) is 0.0625. The number of hydrogen-bond donors (Lipinski definition) is 1. The largest absolute Gasteiger partial charge is 0.384 e. The van der Waals surface area contributed by atoms with Gasteiger partial charge >= 0.3 is 0 Å². The standard InChI is InChI=1S/C16H11ClFNO/c17-11-4-5-15(18)14(8-11)16(20)13-3-1-2-10-9-19-7-6-12(10)13/h1-9,16,20H. The number of fused-ring (bicyclic) bond motifs is 1. The van der Waals surface area contributed by atoms with E-state index < -0.39 is 11.9 Å². The van der Waals surface area contributed by atoms with Gasteiger partial charge in [0.1, 0.15) is 11.9 Å². The van der Waals surface area contributed by atoms with Gasteiger partial charge in [0.05, 0.1) is 0 Å². The third-order valence-corrected chi connectivity index (χ3v) is 3.50. The fourth-order valence-corrected chi connectivity index (χ4v) is 2.46. The summed E-state index contributed by atoms with van der Waals surface area (Å²) in [6, 6.07) is 11.4. The molecule has 3 rings (SSSR count). The summed E-state index contributed by atoms with van der Waals surface area (Å²) in [7, 11) is 0. The van der Waals surface area contributed by atoms with Crippen LogP contribution in [0.25, 0.3) is 10.8 Å². The average molecular weight is 288 g/mol. The summed E-state index contributed by atoms with van der Waals surface area (Å²) >= 11 is 5.88. The Kier molecular flexibility index (Phi) is 3.38. The summed E-state index contributed by atoms with van der Waals surface area (Å²) in [5, 5.41) is 12.6. The predicted octanol–water partition coefficient (Wildman–Crippen LogP) is 4.11. The second-order valence-electron chi connectivity index (χ2n) is 4.51. The minimum atomic E-state index is -1.07. The molecular formula is C16H11ClFNO. The maximum absolute atomic E-state index is 13.9. The molecule has 3 aromatic rings. The van der Waals surface area contributed by atoms with Crippen molar-refractivity contribution in [1.82, 2.24) is 4.98 Å². The molecule has 1 heterocycles. The molecule has 1 unspecified atom stereocenters. The topological polar surface area (TPSA) is 33.1 Å². The van der Waals surface area contributed by atoms with E-state index in [0.29, 0.717) is 10.6 Å². The van der Waals surface area contributed by atoms with Crippen molar-refractivity contribution >= 4 is 22.4 Å². The van der Waals surface area contributed by atoms with Gasteiger partial charge in [-0.05, 0) is 35.2 Å². The normalized spacial score (nSPS) is 12.6. The van der Waals surface area contributed by atoms with Crippen LogP contribution < -0.4 is 0 Å². The van der Waals surface area contributed by atoms with Crippen LogP contribution in [0.2, 0.25) is 5.02 Å². The second kappa shape index (κ2) is 5.19. The van der Waals surface area contributed by atoms with E-state index in [0.717, 1.165) is 10.8 Å². The average Bonchev–Trinajstić information content (AvgIpc) is 2.48. The summed E-state index contributed by atoms with van der Waals surface area (Å²) < 4.78 is 13.9. The molecule has 0 fully saturated rings. The van der Waals surface area contributed by atoms with Crippen molar-refractivity contribution in [2.45, 2.75) is 6.10 Å². The van der Waals surface area contributed by atoms with E-state index in [9.17, 15) is 9.50 Å². The van der Waals surface area contributed by atoms with Gasteiger partial charge in [0.2, 0.25) is 0 Å². The first kappa shape index (κ1) is 13.0. The number of aromatic nitrogens is 1. The van der Waals surface area contributed by atoms with E-state index in [1.54, 1.807) is 24.5 Å². The molecule has 4 heteroatoms. The Balaban J connectivity index is 2.17. The van der Waals surface area contributed by atoms with Crippen LogP contribution in [0.15, 0.2) is 54.9 Å². The molecule has 0 saturated heterocycles. The minimum absolute atomic E-state index is 0.168. The van der Waals surface area contributed by atoms with Crippen LogP contribution in [0.5, 0.6) is 0 Å². The third-order valence-electron chi connectivity index (χ3n) is 3.26. The van der Waals surface area contributed by atoms with Crippen LogP contribution in [-0.2, 0) is 0 Å². The van der Waals surface area contributed by atoms with E-state index in [-0.39, 0.29) is 5.56 Å². The highest BCUT2D eigenvalue weighted by molar-refractivity contribution is 6.30. The molecule has 0 saturated carbocycles. The highest BCUT2D eigenvalue weighted by Gasteiger charge is 2.17. The van der Waals surface area contributed by atoms with E-state index in [1.807, 2.05) is 12.1 Å². The number of hydrogen-bond acceptors (Lipinski definition) is 2. The molecule has 0 radical (unpaired) electrons. The van der Waals surface area contributed by atoms with Crippen molar-refractivity contribution in [3.8, 4) is 0 Å². The van der Waals surface area contributed by atoms with Crippen molar-refractivity contribution in [3.63, 3.8) is 0 Å². The zero-order valence-corrected chi connectivity index (χ0v) is 11.2. The van der Waals surface area contributed by atoms with Crippen molar-refractivity contribution in [2.75, 3.05) is 0 Å². The van der Waals surface area contributed by atoms with Gasteiger partial charge in [-0.15, -0.1) is 0 Å². The van der Waals surface area contributed by atoms with Gasteiger partial charge in [-0.2, -0.15) is 0 Å². The van der Waals surface area contributed by atoms with Crippen molar-refractivity contribution in [2.24, 2.45) is 0 Å². The van der Waals surface area contributed by atoms with E-state index >= 15 is 0 Å². The van der Waals surface area contributed by atoms with Gasteiger partial charge in [-0.25, -0.2) is 4.39 Å². The van der Waals surface area contributed by atoms with Gasteiger partial charge in [0.25, 0.3) is 0 Å². The molecular weight excluding hydrogens is 277 g/mol. The molecule has 2 aromatic carbocycles. The van der Waals surface area contributed by atoms with Crippen molar-refractivity contribution < 1.29 is 9.50 Å². The third kappa shape index (κ3) is 2.26. The number of aliphatic hydroxyl groups is 1. The maximum Gasteiger partial charge on any atom is 0.129 e. The summed E-state index contributed by atoms with van der Waals surface area (Å²) in [5.74, 6) is -0.479. The van der Waals surface area contributed by atoms with Crippen LogP contribution in [0, 0.1) is 5.82 Å². The van der Waals surface area contributed by atoms with Crippen LogP contribution in [0.1, 0.15) is 17.2 Å². The molecule has 0 bridgehead atoms. The number of benzene rings is 2. The Bertz CT molecular complexity index is 770. The molecule has 0 aliphatic rings. The number of rotatable bonds is 2. The van der Waals surface area contributed by atoms with Crippen LogP contribution >= 0.6 is 11.6 Å². The second-order valence-corrected chi connectivity index (χ2v) is 4.95. The molecule has 0 aliphatic heterocycles. The van der Waals surface area contributed by atoms with Crippen LogP contribution in [0.4, 0.5) is 4.39 Å². The molecule has 1 N–H and O–H groups in total. The first-order chi connectivity index (χ1) is 9.66. The molecule has 1 aromatic heterocycles. The lowest BCUT2D eigenvalue weighted by Crippen LogP contribution is -2.03. The number of halogens is 2. The molecule has 20 heavy (non-hydrogen) atoms. The summed E-state index contributed by atoms with van der Waals surface area (Å²) in [5.41, 5.74) is 0.799. The lowest BCUT2D eigenvalue weighted by molar-refractivity contribution is 0.216. The fourth-order valence-electron chi connectivity index (χ4n) is 2.28. The lowest BCUT2D eigenvalue weighted by atomic mass is 9.96. The zero-order chi connectivity index (χ0) is 14.1. The van der Waals surface area contributed by atoms with Gasteiger partial charge in [0, 0.05) is 28.4 Å². The summed E-state index contributed by atoms with van der Waals surface area (Å²) in [6.45, 7) is 0. The lowest BCUT2D eigenvalue weighted by Gasteiger charge is -2.15. The van der Waals surface area contributed by atoms with E-state index in [2.05, 4.69) is 4.98 Å². The predicted molar refractivity (Wildman–Crippen MR) is 77.2 cm³/mol. The van der Waals surface area contributed by atoms with Crippen molar-refractivity contribution in [3.05, 3.63) is 76.8 Å². The van der Waals surface area contributed by atoms with E-state index in [1.165, 1.54) is 18.2 Å². The molecule has 100 valence electrons. The number of nitrogens with zero attached hydrogens (tertiary/aromatic N) is 1. The summed E-state index contributed by atoms with van der Waals surface area (Å²) in [4.78, 5) is 4.04. The molecule has 1 atom stereocenters. The summed E-state index contributed by atoms with van der Waals surface area (Å²) in [6.07, 6.45) is 2.28. The number of aliphatic hydroxyl groups excluding tert-OH is 1. The Labute approximate surface area is 120 Å². The van der Waals surface area contributed by atoms with Crippen LogP contribution in [0.3, 0.4) is 0 Å². The first-order valence-corrected chi connectivity index (χ1v) is 6.50. The monoisotopic (exact) mass is 287 g/mol. The van der Waals surface area contributed by atoms with Gasteiger partial charge in [0.15, 0.2) is 0 Å². The van der Waals surface area contributed by atoms with Crippen molar-refractivity contribution in [1.29, 1.82) is 0 Å². The Morgan fingerprint density at radius 3 is 2.80 bits per heavy atom.